The van der Waals surface area contributed by atoms with Crippen molar-refractivity contribution < 1.29 is 9.53 Å². The topological polar surface area (TPSA) is 90.5 Å². The highest BCUT2D eigenvalue weighted by atomic mass is 32.2. The SMILES string of the molecule is CCOc1ccc(NC(=O)Cn2nc3ccc(Sc4ccc(C)cc4)nn3c2=O)cc1. The zero-order valence-electron chi connectivity index (χ0n) is 17.1. The minimum atomic E-state index is -0.469. The zero-order valence-corrected chi connectivity index (χ0v) is 17.9. The van der Waals surface area contributed by atoms with E-state index < -0.39 is 5.69 Å². The number of carbonyl (C=O) groups is 1. The summed E-state index contributed by atoms with van der Waals surface area (Å²) in [6.45, 7) is 4.29. The Bertz CT molecular complexity index is 1260. The van der Waals surface area contributed by atoms with Gasteiger partial charge in [-0.25, -0.2) is 9.48 Å². The highest BCUT2D eigenvalue weighted by Gasteiger charge is 2.13. The van der Waals surface area contributed by atoms with Crippen molar-refractivity contribution in [1.29, 1.82) is 0 Å². The predicted molar refractivity (Wildman–Crippen MR) is 119 cm³/mol. The molecule has 1 amide bonds. The number of carbonyl (C=O) groups excluding carboxylic acids is 1. The van der Waals surface area contributed by atoms with Gasteiger partial charge in [0.05, 0.1) is 6.61 Å². The summed E-state index contributed by atoms with van der Waals surface area (Å²) in [5.41, 5.74) is 1.70. The lowest BCUT2D eigenvalue weighted by Crippen LogP contribution is -2.28. The highest BCUT2D eigenvalue weighted by molar-refractivity contribution is 7.99. The minimum absolute atomic E-state index is 0.212. The quantitative estimate of drug-likeness (QED) is 0.479. The van der Waals surface area contributed by atoms with Gasteiger partial charge in [-0.15, -0.1) is 5.10 Å². The maximum Gasteiger partial charge on any atom is 0.367 e. The summed E-state index contributed by atoms with van der Waals surface area (Å²) < 4.78 is 7.70. The number of aryl methyl sites for hydroxylation is 1. The van der Waals surface area contributed by atoms with E-state index >= 15 is 0 Å². The van der Waals surface area contributed by atoms with Crippen LogP contribution in [-0.2, 0) is 11.3 Å². The number of rotatable bonds is 7. The molecule has 2 heterocycles. The third-order valence-electron chi connectivity index (χ3n) is 4.40. The van der Waals surface area contributed by atoms with Crippen LogP contribution in [0.2, 0.25) is 0 Å². The molecule has 158 valence electrons. The highest BCUT2D eigenvalue weighted by Crippen LogP contribution is 2.25. The molecular weight excluding hydrogens is 414 g/mol. The number of anilines is 1. The largest absolute Gasteiger partial charge is 0.494 e. The van der Waals surface area contributed by atoms with Gasteiger partial charge in [0.1, 0.15) is 17.3 Å². The molecule has 0 aliphatic carbocycles. The van der Waals surface area contributed by atoms with Gasteiger partial charge >= 0.3 is 5.69 Å². The van der Waals surface area contributed by atoms with Crippen LogP contribution in [0.3, 0.4) is 0 Å². The Kier molecular flexibility index (Phi) is 6.03. The van der Waals surface area contributed by atoms with E-state index in [2.05, 4.69) is 15.5 Å². The fourth-order valence-corrected chi connectivity index (χ4v) is 3.69. The number of benzene rings is 2. The molecule has 2 aromatic carbocycles. The number of hydrogen-bond acceptors (Lipinski definition) is 6. The molecule has 0 saturated carbocycles. The lowest BCUT2D eigenvalue weighted by Gasteiger charge is -2.06. The second kappa shape index (κ2) is 9.05. The molecule has 0 aliphatic rings. The normalized spacial score (nSPS) is 10.9. The molecule has 0 bridgehead atoms. The van der Waals surface area contributed by atoms with Gasteiger partial charge in [-0.3, -0.25) is 4.79 Å². The lowest BCUT2D eigenvalue weighted by molar-refractivity contribution is -0.117. The van der Waals surface area contributed by atoms with Crippen molar-refractivity contribution in [2.24, 2.45) is 0 Å². The van der Waals surface area contributed by atoms with Crippen LogP contribution in [-0.4, -0.2) is 31.9 Å². The number of hydrogen-bond donors (Lipinski definition) is 1. The molecule has 0 spiro atoms. The number of aromatic nitrogens is 4. The standard InChI is InChI=1S/C22H21N5O3S/c1-3-30-17-8-6-16(7-9-17)23-20(28)14-26-22(29)27-19(24-26)12-13-21(25-27)31-18-10-4-15(2)5-11-18/h4-13H,3,14H2,1-2H3,(H,23,28). The van der Waals surface area contributed by atoms with E-state index in [4.69, 9.17) is 4.74 Å². The maximum absolute atomic E-state index is 12.7. The van der Waals surface area contributed by atoms with Gasteiger partial charge < -0.3 is 10.1 Å². The molecule has 8 nitrogen and oxygen atoms in total. The molecule has 0 fully saturated rings. The van der Waals surface area contributed by atoms with Crippen molar-refractivity contribution in [3.05, 3.63) is 76.7 Å². The zero-order chi connectivity index (χ0) is 21.8. The van der Waals surface area contributed by atoms with E-state index in [9.17, 15) is 9.59 Å². The average molecular weight is 436 g/mol. The second-order valence-electron chi connectivity index (χ2n) is 6.80. The minimum Gasteiger partial charge on any atom is -0.494 e. The van der Waals surface area contributed by atoms with E-state index in [0.717, 1.165) is 15.3 Å². The number of nitrogens with zero attached hydrogens (tertiary/aromatic N) is 4. The summed E-state index contributed by atoms with van der Waals surface area (Å²) in [6, 6.07) is 18.6. The van der Waals surface area contributed by atoms with Crippen LogP contribution in [0.4, 0.5) is 5.69 Å². The number of amides is 1. The molecule has 0 unspecified atom stereocenters. The third-order valence-corrected chi connectivity index (χ3v) is 5.34. The smallest absolute Gasteiger partial charge is 0.367 e. The number of fused-ring (bicyclic) bond motifs is 1. The molecule has 4 aromatic rings. The van der Waals surface area contributed by atoms with Gasteiger partial charge in [-0.2, -0.15) is 9.61 Å². The van der Waals surface area contributed by atoms with Gasteiger partial charge in [0.15, 0.2) is 5.65 Å². The summed E-state index contributed by atoms with van der Waals surface area (Å²) >= 11 is 1.45. The van der Waals surface area contributed by atoms with Crippen molar-refractivity contribution >= 4 is 29.0 Å². The fourth-order valence-electron chi connectivity index (χ4n) is 2.91. The second-order valence-corrected chi connectivity index (χ2v) is 7.90. The first kappa shape index (κ1) is 20.7. The molecule has 0 aliphatic heterocycles. The maximum atomic E-state index is 12.7. The summed E-state index contributed by atoms with van der Waals surface area (Å²) in [7, 11) is 0. The van der Waals surface area contributed by atoms with Crippen molar-refractivity contribution in [1.82, 2.24) is 19.4 Å². The Labute approximate surface area is 182 Å². The van der Waals surface area contributed by atoms with E-state index in [1.807, 2.05) is 38.1 Å². The molecule has 9 heteroatoms. The monoisotopic (exact) mass is 435 g/mol. The average Bonchev–Trinajstić information content (AvgIpc) is 3.06. The van der Waals surface area contributed by atoms with Gasteiger partial charge in [-0.1, -0.05) is 29.5 Å². The van der Waals surface area contributed by atoms with Crippen LogP contribution >= 0.6 is 11.8 Å². The van der Waals surface area contributed by atoms with E-state index in [1.54, 1.807) is 36.4 Å². The first-order valence-corrected chi connectivity index (χ1v) is 10.6. The Morgan fingerprint density at radius 1 is 1.03 bits per heavy atom. The summed E-state index contributed by atoms with van der Waals surface area (Å²) in [4.78, 5) is 26.1. The summed E-state index contributed by atoms with van der Waals surface area (Å²) in [6.07, 6.45) is 0. The molecule has 2 aromatic heterocycles. The van der Waals surface area contributed by atoms with Crippen molar-refractivity contribution in [3.63, 3.8) is 0 Å². The van der Waals surface area contributed by atoms with Crippen LogP contribution in [0.1, 0.15) is 12.5 Å². The number of nitrogens with one attached hydrogen (secondary N) is 1. The molecule has 1 N–H and O–H groups in total. The Morgan fingerprint density at radius 2 is 1.77 bits per heavy atom. The van der Waals surface area contributed by atoms with Crippen molar-refractivity contribution in [3.8, 4) is 5.75 Å². The Balaban J connectivity index is 1.47. The van der Waals surface area contributed by atoms with E-state index in [0.29, 0.717) is 23.0 Å². The first-order valence-electron chi connectivity index (χ1n) is 9.76. The Hall–Kier alpha value is -3.59. The molecule has 0 atom stereocenters. The van der Waals surface area contributed by atoms with Crippen LogP contribution < -0.4 is 15.7 Å². The van der Waals surface area contributed by atoms with E-state index in [1.165, 1.54) is 21.8 Å². The third kappa shape index (κ3) is 4.95. The molecular formula is C22H21N5O3S. The van der Waals surface area contributed by atoms with Crippen LogP contribution in [0.15, 0.2) is 75.4 Å². The first-order chi connectivity index (χ1) is 15.0. The van der Waals surface area contributed by atoms with Crippen LogP contribution in [0.5, 0.6) is 5.75 Å². The Morgan fingerprint density at radius 3 is 2.48 bits per heavy atom. The molecule has 31 heavy (non-hydrogen) atoms. The van der Waals surface area contributed by atoms with Gasteiger partial charge in [0.2, 0.25) is 5.91 Å². The van der Waals surface area contributed by atoms with Gasteiger partial charge in [-0.05, 0) is 62.4 Å². The molecule has 4 rings (SSSR count). The predicted octanol–water partition coefficient (Wildman–Crippen LogP) is 3.39. The van der Waals surface area contributed by atoms with Gasteiger partial charge in [0.25, 0.3) is 0 Å². The molecule has 0 radical (unpaired) electrons. The van der Waals surface area contributed by atoms with Gasteiger partial charge in [0, 0.05) is 10.6 Å². The van der Waals surface area contributed by atoms with Crippen LogP contribution in [0.25, 0.3) is 5.65 Å². The number of ether oxygens (including phenoxy) is 1. The fraction of sp³-hybridized carbons (Fsp3) is 0.182. The summed E-state index contributed by atoms with van der Waals surface area (Å²) in [5, 5.41) is 12.0. The summed E-state index contributed by atoms with van der Waals surface area (Å²) in [5.74, 6) is 0.367. The van der Waals surface area contributed by atoms with Crippen molar-refractivity contribution in [2.45, 2.75) is 30.3 Å². The van der Waals surface area contributed by atoms with E-state index in [-0.39, 0.29) is 12.5 Å². The van der Waals surface area contributed by atoms with Crippen molar-refractivity contribution in [2.75, 3.05) is 11.9 Å². The lowest BCUT2D eigenvalue weighted by atomic mass is 10.2. The van der Waals surface area contributed by atoms with Crippen LogP contribution in [0, 0.1) is 6.92 Å². The molecule has 0 saturated heterocycles.